The molecule has 0 aromatic heterocycles. The highest BCUT2D eigenvalue weighted by Crippen LogP contribution is 2.27. The van der Waals surface area contributed by atoms with Crippen molar-refractivity contribution in [1.82, 2.24) is 0 Å². The minimum Gasteiger partial charge on any atom is -0.469 e. The lowest BCUT2D eigenvalue weighted by Gasteiger charge is -2.09. The number of benzene rings is 1. The first-order valence-corrected chi connectivity index (χ1v) is 5.49. The van der Waals surface area contributed by atoms with Gasteiger partial charge in [0.15, 0.2) is 0 Å². The maximum Gasteiger partial charge on any atom is 0.306 e. The lowest BCUT2D eigenvalue weighted by molar-refractivity contribution is -0.140. The van der Waals surface area contributed by atoms with Crippen molar-refractivity contribution in [2.75, 3.05) is 7.11 Å². The van der Waals surface area contributed by atoms with Crippen LogP contribution in [-0.2, 0) is 9.53 Å². The second-order valence-electron chi connectivity index (χ2n) is 3.14. The van der Waals surface area contributed by atoms with Gasteiger partial charge in [0.1, 0.15) is 5.82 Å². The maximum atomic E-state index is 13.2. The minimum absolute atomic E-state index is 0.00866. The van der Waals surface area contributed by atoms with Gasteiger partial charge in [-0.15, -0.1) is 11.8 Å². The highest BCUT2D eigenvalue weighted by atomic mass is 32.2. The van der Waals surface area contributed by atoms with Crippen LogP contribution in [0.15, 0.2) is 29.2 Å². The molecule has 0 saturated heterocycles. The zero-order valence-corrected chi connectivity index (χ0v) is 9.51. The second kappa shape index (κ2) is 5.75. The fourth-order valence-corrected chi connectivity index (χ4v) is 2.11. The van der Waals surface area contributed by atoms with Crippen LogP contribution in [-0.4, -0.2) is 18.3 Å². The van der Waals surface area contributed by atoms with E-state index in [1.54, 1.807) is 18.2 Å². The van der Waals surface area contributed by atoms with Gasteiger partial charge >= 0.3 is 5.97 Å². The monoisotopic (exact) mass is 228 g/mol. The number of carbonyl (C=O) groups is 1. The lowest BCUT2D eigenvalue weighted by Crippen LogP contribution is -2.08. The Bertz CT molecular complexity index is 341. The highest BCUT2D eigenvalue weighted by molar-refractivity contribution is 8.00. The molecule has 15 heavy (non-hydrogen) atoms. The summed E-state index contributed by atoms with van der Waals surface area (Å²) < 4.78 is 17.8. The maximum absolute atomic E-state index is 13.2. The van der Waals surface area contributed by atoms with Crippen molar-refractivity contribution >= 4 is 17.7 Å². The number of thioether (sulfide) groups is 1. The molecule has 82 valence electrons. The average molecular weight is 228 g/mol. The van der Waals surface area contributed by atoms with Crippen LogP contribution < -0.4 is 0 Å². The predicted octanol–water partition coefficient (Wildman–Crippen LogP) is 2.87. The molecule has 0 spiro atoms. The van der Waals surface area contributed by atoms with E-state index in [2.05, 4.69) is 4.74 Å². The molecule has 1 aromatic carbocycles. The van der Waals surface area contributed by atoms with E-state index in [0.29, 0.717) is 4.90 Å². The Labute approximate surface area is 92.8 Å². The second-order valence-corrected chi connectivity index (χ2v) is 4.62. The molecule has 0 aliphatic heterocycles. The van der Waals surface area contributed by atoms with Crippen LogP contribution in [0, 0.1) is 5.82 Å². The quantitative estimate of drug-likeness (QED) is 0.585. The van der Waals surface area contributed by atoms with E-state index < -0.39 is 0 Å². The van der Waals surface area contributed by atoms with Crippen molar-refractivity contribution in [3.05, 3.63) is 30.1 Å². The lowest BCUT2D eigenvalue weighted by atomic mass is 10.3. The molecule has 0 N–H and O–H groups in total. The van der Waals surface area contributed by atoms with E-state index >= 15 is 0 Å². The van der Waals surface area contributed by atoms with Gasteiger partial charge < -0.3 is 4.74 Å². The van der Waals surface area contributed by atoms with Crippen LogP contribution in [0.5, 0.6) is 0 Å². The van der Waals surface area contributed by atoms with E-state index in [4.69, 9.17) is 0 Å². The van der Waals surface area contributed by atoms with E-state index in [1.807, 2.05) is 6.92 Å². The van der Waals surface area contributed by atoms with Crippen molar-refractivity contribution < 1.29 is 13.9 Å². The summed E-state index contributed by atoms with van der Waals surface area (Å²) in [5.41, 5.74) is 0. The van der Waals surface area contributed by atoms with Crippen LogP contribution in [0.25, 0.3) is 0 Å². The minimum atomic E-state index is -0.272. The van der Waals surface area contributed by atoms with Gasteiger partial charge in [-0.2, -0.15) is 0 Å². The van der Waals surface area contributed by atoms with Crippen molar-refractivity contribution in [1.29, 1.82) is 0 Å². The SMILES string of the molecule is COC(=O)CC(C)Sc1ccccc1F. The van der Waals surface area contributed by atoms with Crippen molar-refractivity contribution in [2.45, 2.75) is 23.5 Å². The Morgan fingerprint density at radius 1 is 1.53 bits per heavy atom. The fourth-order valence-electron chi connectivity index (χ4n) is 1.12. The number of hydrogen-bond donors (Lipinski definition) is 0. The standard InChI is InChI=1S/C11H13FO2S/c1-8(7-11(13)14-2)15-10-6-4-3-5-9(10)12/h3-6,8H,7H2,1-2H3. The van der Waals surface area contributed by atoms with Gasteiger partial charge in [-0.3, -0.25) is 4.79 Å². The third kappa shape index (κ3) is 3.91. The zero-order chi connectivity index (χ0) is 11.3. The molecule has 0 heterocycles. The normalized spacial score (nSPS) is 12.2. The van der Waals surface area contributed by atoms with Gasteiger partial charge in [-0.05, 0) is 12.1 Å². The molecule has 1 atom stereocenters. The first kappa shape index (κ1) is 12.0. The van der Waals surface area contributed by atoms with E-state index in [1.165, 1.54) is 24.9 Å². The fraction of sp³-hybridized carbons (Fsp3) is 0.364. The number of halogens is 1. The van der Waals surface area contributed by atoms with Gasteiger partial charge in [-0.25, -0.2) is 4.39 Å². The number of ether oxygens (including phenoxy) is 1. The van der Waals surface area contributed by atoms with Gasteiger partial charge in [0.25, 0.3) is 0 Å². The molecule has 0 aliphatic rings. The summed E-state index contributed by atoms with van der Waals surface area (Å²) in [6, 6.07) is 6.53. The Hall–Kier alpha value is -1.03. The first-order valence-electron chi connectivity index (χ1n) is 4.61. The third-order valence-electron chi connectivity index (χ3n) is 1.85. The smallest absolute Gasteiger partial charge is 0.306 e. The number of hydrogen-bond acceptors (Lipinski definition) is 3. The summed E-state index contributed by atoms with van der Waals surface area (Å²) in [4.78, 5) is 11.5. The highest BCUT2D eigenvalue weighted by Gasteiger charge is 2.12. The summed E-state index contributed by atoms with van der Waals surface area (Å²) in [6.45, 7) is 1.87. The summed E-state index contributed by atoms with van der Waals surface area (Å²) in [6.07, 6.45) is 0.287. The van der Waals surface area contributed by atoms with Crippen LogP contribution in [0.2, 0.25) is 0 Å². The number of rotatable bonds is 4. The van der Waals surface area contributed by atoms with Gasteiger partial charge in [0.2, 0.25) is 0 Å². The Morgan fingerprint density at radius 3 is 2.80 bits per heavy atom. The molecule has 2 nitrogen and oxygen atoms in total. The topological polar surface area (TPSA) is 26.3 Å². The van der Waals surface area contributed by atoms with Crippen molar-refractivity contribution in [3.63, 3.8) is 0 Å². The molecule has 1 unspecified atom stereocenters. The molecule has 1 aromatic rings. The molecule has 0 aliphatic carbocycles. The number of esters is 1. The predicted molar refractivity (Wildman–Crippen MR) is 58.4 cm³/mol. The Morgan fingerprint density at radius 2 is 2.20 bits per heavy atom. The summed E-state index contributed by atoms with van der Waals surface area (Å²) in [5.74, 6) is -0.523. The molecule has 0 saturated carbocycles. The first-order chi connectivity index (χ1) is 7.13. The average Bonchev–Trinajstić information content (AvgIpc) is 2.21. The van der Waals surface area contributed by atoms with E-state index in [0.717, 1.165) is 0 Å². The molecular weight excluding hydrogens is 215 g/mol. The molecule has 1 rings (SSSR count). The largest absolute Gasteiger partial charge is 0.469 e. The van der Waals surface area contributed by atoms with Crippen LogP contribution in [0.4, 0.5) is 4.39 Å². The zero-order valence-electron chi connectivity index (χ0n) is 8.70. The number of methoxy groups -OCH3 is 1. The molecule has 0 bridgehead atoms. The van der Waals surface area contributed by atoms with Gasteiger partial charge in [0, 0.05) is 10.1 Å². The van der Waals surface area contributed by atoms with Crippen molar-refractivity contribution in [2.24, 2.45) is 0 Å². The summed E-state index contributed by atoms with van der Waals surface area (Å²) in [7, 11) is 1.35. The molecule has 0 fully saturated rings. The molecular formula is C11H13FO2S. The van der Waals surface area contributed by atoms with E-state index in [9.17, 15) is 9.18 Å². The molecule has 0 radical (unpaired) electrons. The summed E-state index contributed by atoms with van der Waals surface area (Å²) in [5, 5.41) is 0.00866. The van der Waals surface area contributed by atoms with E-state index in [-0.39, 0.29) is 23.5 Å². The van der Waals surface area contributed by atoms with Gasteiger partial charge in [-0.1, -0.05) is 19.1 Å². The Kier molecular flexibility index (Phi) is 4.62. The summed E-state index contributed by atoms with van der Waals surface area (Å²) >= 11 is 1.34. The molecule has 4 heteroatoms. The van der Waals surface area contributed by atoms with Crippen LogP contribution in [0.3, 0.4) is 0 Å². The van der Waals surface area contributed by atoms with Crippen LogP contribution in [0.1, 0.15) is 13.3 Å². The Balaban J connectivity index is 2.55. The van der Waals surface area contributed by atoms with Crippen molar-refractivity contribution in [3.8, 4) is 0 Å². The van der Waals surface area contributed by atoms with Gasteiger partial charge in [0.05, 0.1) is 13.5 Å². The molecule has 0 amide bonds. The van der Waals surface area contributed by atoms with Crippen LogP contribution >= 0.6 is 11.8 Å². The third-order valence-corrected chi connectivity index (χ3v) is 3.00. The number of carbonyl (C=O) groups excluding carboxylic acids is 1.